The zero-order valence-corrected chi connectivity index (χ0v) is 32.5. The zero-order chi connectivity index (χ0) is 39.7. The van der Waals surface area contributed by atoms with E-state index in [0.717, 1.165) is 11.1 Å². The Bertz CT molecular complexity index is 1800. The van der Waals surface area contributed by atoms with Gasteiger partial charge in [0.2, 0.25) is 0 Å². The predicted octanol–water partition coefficient (Wildman–Crippen LogP) is 7.12. The van der Waals surface area contributed by atoms with Gasteiger partial charge in [-0.1, -0.05) is 32.0 Å². The maximum atomic E-state index is 15.7. The quantitative estimate of drug-likeness (QED) is 0.109. The summed E-state index contributed by atoms with van der Waals surface area (Å²) < 4.78 is 48.5. The van der Waals surface area contributed by atoms with Crippen molar-refractivity contribution in [3.8, 4) is 11.5 Å². The van der Waals surface area contributed by atoms with Gasteiger partial charge in [-0.25, -0.2) is 14.0 Å². The van der Waals surface area contributed by atoms with Gasteiger partial charge in [0.1, 0.15) is 34.6 Å². The van der Waals surface area contributed by atoms with E-state index < -0.39 is 47.3 Å². The van der Waals surface area contributed by atoms with Gasteiger partial charge >= 0.3 is 12.1 Å². The first-order chi connectivity index (χ1) is 25.5. The number of hydrogen-bond donors (Lipinski definition) is 1. The number of benzene rings is 3. The maximum absolute atomic E-state index is 15.7. The molecule has 0 bridgehead atoms. The number of carbonyl (C=O) groups excluding carboxylic acids is 4. The number of hydrogen-bond acceptors (Lipinski definition) is 10. The van der Waals surface area contributed by atoms with Gasteiger partial charge < -0.3 is 38.6 Å². The summed E-state index contributed by atoms with van der Waals surface area (Å²) in [5.41, 5.74) is 1.46. The number of ketones is 1. The number of amides is 2. The lowest BCUT2D eigenvalue weighted by Gasteiger charge is -2.30. The molecule has 4 rings (SSSR count). The number of aryl methyl sites for hydroxylation is 2. The summed E-state index contributed by atoms with van der Waals surface area (Å²) in [6.45, 7) is 12.8. The number of methoxy groups -OCH3 is 2. The summed E-state index contributed by atoms with van der Waals surface area (Å²) in [5, 5.41) is 2.99. The SMILES string of the molecule is COCOc1ccc(C(C)C)c(F)c1C(=O)c1ccc(C(=O)O[C@@H]2CCCN(C(=O)OC(C)(C)C)C[C@H]2NC(=O)c2cc(C)c(OCOC)c(C)c2)cc1. The molecule has 2 amide bonds. The number of rotatable bonds is 13. The van der Waals surface area contributed by atoms with Crippen molar-refractivity contribution in [3.05, 3.63) is 93.3 Å². The molecule has 0 aliphatic carbocycles. The average molecular weight is 751 g/mol. The smallest absolute Gasteiger partial charge is 0.410 e. The van der Waals surface area contributed by atoms with E-state index in [9.17, 15) is 19.2 Å². The van der Waals surface area contributed by atoms with Crippen LogP contribution >= 0.6 is 0 Å². The van der Waals surface area contributed by atoms with E-state index in [1.807, 2.05) is 27.7 Å². The second-order valence-electron chi connectivity index (χ2n) is 14.5. The number of ether oxygens (including phenoxy) is 6. The van der Waals surface area contributed by atoms with Crippen LogP contribution in [0.15, 0.2) is 48.5 Å². The molecule has 1 heterocycles. The zero-order valence-electron chi connectivity index (χ0n) is 32.5. The van der Waals surface area contributed by atoms with Crippen molar-refractivity contribution in [3.63, 3.8) is 0 Å². The highest BCUT2D eigenvalue weighted by Crippen LogP contribution is 2.31. The largest absolute Gasteiger partial charge is 0.467 e. The highest BCUT2D eigenvalue weighted by molar-refractivity contribution is 6.11. The van der Waals surface area contributed by atoms with E-state index in [-0.39, 0.29) is 48.5 Å². The van der Waals surface area contributed by atoms with Gasteiger partial charge in [-0.15, -0.1) is 0 Å². The Morgan fingerprint density at radius 2 is 1.50 bits per heavy atom. The van der Waals surface area contributed by atoms with Crippen molar-refractivity contribution < 1.29 is 52.0 Å². The molecule has 1 aliphatic rings. The molecule has 1 N–H and O–H groups in total. The van der Waals surface area contributed by atoms with E-state index >= 15 is 4.39 Å². The second-order valence-corrected chi connectivity index (χ2v) is 14.5. The van der Waals surface area contributed by atoms with Crippen molar-refractivity contribution >= 4 is 23.8 Å². The van der Waals surface area contributed by atoms with E-state index in [2.05, 4.69) is 5.32 Å². The number of esters is 1. The van der Waals surface area contributed by atoms with E-state index in [4.69, 9.17) is 28.4 Å². The third-order valence-corrected chi connectivity index (χ3v) is 8.75. The molecule has 2 atom stereocenters. The van der Waals surface area contributed by atoms with Crippen molar-refractivity contribution in [2.24, 2.45) is 0 Å². The molecule has 0 radical (unpaired) electrons. The van der Waals surface area contributed by atoms with Crippen LogP contribution in [0.1, 0.15) is 107 Å². The van der Waals surface area contributed by atoms with Crippen LogP contribution in [0.5, 0.6) is 11.5 Å². The summed E-state index contributed by atoms with van der Waals surface area (Å²) in [6, 6.07) is 11.4. The van der Waals surface area contributed by atoms with Crippen molar-refractivity contribution in [1.29, 1.82) is 0 Å². The molecule has 1 fully saturated rings. The molecule has 1 saturated heterocycles. The van der Waals surface area contributed by atoms with Crippen molar-refractivity contribution in [2.45, 2.75) is 85.0 Å². The third-order valence-electron chi connectivity index (χ3n) is 8.75. The summed E-state index contributed by atoms with van der Waals surface area (Å²) in [6.07, 6.45) is -0.569. The number of carbonyl (C=O) groups is 4. The fourth-order valence-electron chi connectivity index (χ4n) is 6.16. The van der Waals surface area contributed by atoms with Gasteiger partial charge in [0.15, 0.2) is 19.4 Å². The van der Waals surface area contributed by atoms with Gasteiger partial charge in [-0.05, 0) is 100 Å². The fourth-order valence-corrected chi connectivity index (χ4v) is 6.16. The minimum Gasteiger partial charge on any atom is -0.467 e. The molecule has 0 spiro atoms. The summed E-state index contributed by atoms with van der Waals surface area (Å²) in [5.74, 6) is -1.99. The molecule has 0 saturated carbocycles. The summed E-state index contributed by atoms with van der Waals surface area (Å²) in [4.78, 5) is 55.6. The molecule has 0 aromatic heterocycles. The lowest BCUT2D eigenvalue weighted by Crippen LogP contribution is -2.51. The molecule has 3 aromatic carbocycles. The molecule has 3 aromatic rings. The summed E-state index contributed by atoms with van der Waals surface area (Å²) in [7, 11) is 2.94. The minimum atomic E-state index is -0.824. The standard InChI is InChI=1S/C41H51FN2O10/c1-24(2)30-16-17-33(51-22-49-8)34(35(30)42)36(45)27-12-14-28(15-13-27)39(47)53-32-11-10-18-44(40(48)54-41(5,6)7)21-31(32)43-38(46)29-19-25(3)37(26(4)20-29)52-23-50-9/h12-17,19-20,24,31-32H,10-11,18,21-23H2,1-9H3,(H,43,46)/t31-,32-/m1/s1. The van der Waals surface area contributed by atoms with Gasteiger partial charge in [-0.3, -0.25) is 9.59 Å². The van der Waals surface area contributed by atoms with Gasteiger partial charge in [0, 0.05) is 38.4 Å². The van der Waals surface area contributed by atoms with Crippen LogP contribution in [0.2, 0.25) is 0 Å². The first-order valence-electron chi connectivity index (χ1n) is 17.9. The molecule has 54 heavy (non-hydrogen) atoms. The highest BCUT2D eigenvalue weighted by atomic mass is 19.1. The number of likely N-dealkylation sites (tertiary alicyclic amines) is 1. The Morgan fingerprint density at radius 1 is 0.889 bits per heavy atom. The van der Waals surface area contributed by atoms with Gasteiger partial charge in [0.25, 0.3) is 5.91 Å². The summed E-state index contributed by atoms with van der Waals surface area (Å²) >= 11 is 0. The molecule has 13 heteroatoms. The first-order valence-corrected chi connectivity index (χ1v) is 17.9. The molecular formula is C41H51FN2O10. The van der Waals surface area contributed by atoms with Crippen molar-refractivity contribution in [1.82, 2.24) is 10.2 Å². The monoisotopic (exact) mass is 750 g/mol. The van der Waals surface area contributed by atoms with Crippen LogP contribution in [0.25, 0.3) is 0 Å². The Labute approximate surface area is 316 Å². The van der Waals surface area contributed by atoms with Crippen molar-refractivity contribution in [2.75, 3.05) is 40.9 Å². The number of nitrogens with one attached hydrogen (secondary N) is 1. The molecule has 292 valence electrons. The molecule has 1 aliphatic heterocycles. The Hall–Kier alpha value is -5.01. The van der Waals surface area contributed by atoms with E-state index in [0.29, 0.717) is 36.3 Å². The van der Waals surface area contributed by atoms with Gasteiger partial charge in [0.05, 0.1) is 11.6 Å². The Morgan fingerprint density at radius 3 is 2.09 bits per heavy atom. The van der Waals surface area contributed by atoms with Gasteiger partial charge in [-0.2, -0.15) is 0 Å². The van der Waals surface area contributed by atoms with Crippen LogP contribution in [0, 0.1) is 19.7 Å². The Kier molecular flexibility index (Phi) is 14.2. The number of halogens is 1. The first kappa shape index (κ1) is 41.7. The third kappa shape index (κ3) is 10.6. The van der Waals surface area contributed by atoms with Crippen LogP contribution in [-0.4, -0.2) is 87.3 Å². The fraction of sp³-hybridized carbons (Fsp3) is 0.463. The van der Waals surface area contributed by atoms with Crippen LogP contribution in [-0.2, 0) is 18.9 Å². The van der Waals surface area contributed by atoms with Crippen LogP contribution in [0.4, 0.5) is 9.18 Å². The topological polar surface area (TPSA) is 139 Å². The lowest BCUT2D eigenvalue weighted by atomic mass is 9.94. The maximum Gasteiger partial charge on any atom is 0.410 e. The second kappa shape index (κ2) is 18.4. The predicted molar refractivity (Wildman–Crippen MR) is 199 cm³/mol. The van der Waals surface area contributed by atoms with Crippen LogP contribution < -0.4 is 14.8 Å². The Balaban J connectivity index is 1.58. The van der Waals surface area contributed by atoms with E-state index in [1.165, 1.54) is 49.5 Å². The van der Waals surface area contributed by atoms with Crippen LogP contribution in [0.3, 0.4) is 0 Å². The van der Waals surface area contributed by atoms with E-state index in [1.54, 1.807) is 39.0 Å². The molecule has 12 nitrogen and oxygen atoms in total. The minimum absolute atomic E-state index is 0.0213. The molecule has 0 unspecified atom stereocenters. The average Bonchev–Trinajstić information content (AvgIpc) is 3.31. The molecular weight excluding hydrogens is 699 g/mol. The normalized spacial score (nSPS) is 16.0. The number of nitrogens with zero attached hydrogens (tertiary/aromatic N) is 1. The lowest BCUT2D eigenvalue weighted by molar-refractivity contribution is 0.0127. The highest BCUT2D eigenvalue weighted by Gasteiger charge is 2.35.